The third-order valence-electron chi connectivity index (χ3n) is 8.88. The molecule has 0 saturated carbocycles. The fourth-order valence-corrected chi connectivity index (χ4v) is 6.39. The number of ether oxygens (including phenoxy) is 2. The largest absolute Gasteiger partial charge is 0.472 e. The molecule has 0 aliphatic rings. The van der Waals surface area contributed by atoms with E-state index in [1.165, 1.54) is 89.9 Å². The maximum Gasteiger partial charge on any atom is 0.472 e. The van der Waals surface area contributed by atoms with Crippen LogP contribution in [-0.2, 0) is 32.7 Å². The molecule has 2 atom stereocenters. The first kappa shape index (κ1) is 52.7. The van der Waals surface area contributed by atoms with Gasteiger partial charge in [0.1, 0.15) is 6.61 Å². The quantitative estimate of drug-likeness (QED) is 0.0269. The number of esters is 2. The molecule has 0 fully saturated rings. The number of phosphoric acid groups is 1. The number of hydrogen-bond donors (Lipinski definition) is 2. The summed E-state index contributed by atoms with van der Waals surface area (Å²) in [5.41, 5.74) is 5.34. The van der Waals surface area contributed by atoms with E-state index in [2.05, 4.69) is 68.5 Å². The molecule has 0 heterocycles. The van der Waals surface area contributed by atoms with Gasteiger partial charge in [-0.25, -0.2) is 4.57 Å². The van der Waals surface area contributed by atoms with Crippen LogP contribution in [0.3, 0.4) is 0 Å². The lowest BCUT2D eigenvalue weighted by Gasteiger charge is -2.19. The fraction of sp³-hybridized carbons (Fsp3) is 0.733. The van der Waals surface area contributed by atoms with Gasteiger partial charge in [0.2, 0.25) is 0 Å². The van der Waals surface area contributed by atoms with Crippen LogP contribution < -0.4 is 5.73 Å². The Hall–Kier alpha value is -2.29. The lowest BCUT2D eigenvalue weighted by atomic mass is 10.1. The second-order valence-electron chi connectivity index (χ2n) is 14.2. The highest BCUT2D eigenvalue weighted by Crippen LogP contribution is 2.43. The van der Waals surface area contributed by atoms with Gasteiger partial charge in [-0.3, -0.25) is 18.6 Å². The van der Waals surface area contributed by atoms with Crippen molar-refractivity contribution in [2.45, 2.75) is 187 Å². The molecule has 0 radical (unpaired) electrons. The summed E-state index contributed by atoms with van der Waals surface area (Å²) in [5, 5.41) is 0. The second kappa shape index (κ2) is 41.3. The number of rotatable bonds is 40. The molecule has 9 nitrogen and oxygen atoms in total. The second-order valence-corrected chi connectivity index (χ2v) is 15.7. The fourth-order valence-electron chi connectivity index (χ4n) is 5.62. The van der Waals surface area contributed by atoms with Gasteiger partial charge in [-0.2, -0.15) is 0 Å². The van der Waals surface area contributed by atoms with E-state index in [9.17, 15) is 19.0 Å². The third-order valence-corrected chi connectivity index (χ3v) is 9.86. The van der Waals surface area contributed by atoms with Crippen molar-refractivity contribution in [3.63, 3.8) is 0 Å². The van der Waals surface area contributed by atoms with Crippen LogP contribution in [0.15, 0.2) is 60.8 Å². The van der Waals surface area contributed by atoms with Crippen molar-refractivity contribution in [1.29, 1.82) is 0 Å². The van der Waals surface area contributed by atoms with Gasteiger partial charge in [0.05, 0.1) is 13.2 Å². The molecule has 0 aromatic rings. The SMILES string of the molecule is CCCCC/C=C/C/C=C/C/C=C/C/C=C/CCCC(=O)O[C@H](COC(=O)CCCCCCCCC/C=C/CCCCCCCC)COP(=O)(O)OCCN. The predicted octanol–water partition coefficient (Wildman–Crippen LogP) is 12.5. The minimum atomic E-state index is -4.39. The van der Waals surface area contributed by atoms with E-state index in [1.807, 2.05) is 6.08 Å². The molecule has 1 unspecified atom stereocenters. The highest BCUT2D eigenvalue weighted by Gasteiger charge is 2.25. The number of phosphoric ester groups is 1. The first-order valence-corrected chi connectivity index (χ1v) is 23.3. The number of hydrogen-bond acceptors (Lipinski definition) is 8. The first-order chi connectivity index (χ1) is 26.8. The monoisotopic (exact) mass is 794 g/mol. The van der Waals surface area contributed by atoms with Gasteiger partial charge >= 0.3 is 19.8 Å². The standard InChI is InChI=1S/C45H80NO8P/c1-3-5-7-9-11-13-15-17-19-21-23-25-27-29-31-33-35-37-44(47)51-41-43(42-53-55(49,50)52-40-39-46)54-45(48)38-36-34-32-30-28-26-24-22-20-18-16-14-12-10-8-6-4-2/h12,14,17-20,24,26,30,32,43H,3-11,13,15-16,21-23,25,27-29,31,33-42,46H2,1-2H3,(H,49,50)/b14-12+,19-17+,20-18+,26-24+,32-30+/t43-/m1/s1. The van der Waals surface area contributed by atoms with Crippen LogP contribution in [0, 0.1) is 0 Å². The molecule has 318 valence electrons. The minimum Gasteiger partial charge on any atom is -0.462 e. The predicted molar refractivity (Wildman–Crippen MR) is 229 cm³/mol. The average Bonchev–Trinajstić information content (AvgIpc) is 3.17. The Labute approximate surface area is 336 Å². The van der Waals surface area contributed by atoms with Gasteiger partial charge in [0, 0.05) is 19.4 Å². The summed E-state index contributed by atoms with van der Waals surface area (Å²) < 4.78 is 32.7. The Balaban J connectivity index is 4.26. The molecule has 0 aliphatic carbocycles. The smallest absolute Gasteiger partial charge is 0.462 e. The summed E-state index contributed by atoms with van der Waals surface area (Å²) >= 11 is 0. The van der Waals surface area contributed by atoms with E-state index in [0.717, 1.165) is 51.4 Å². The van der Waals surface area contributed by atoms with Crippen LogP contribution in [-0.4, -0.2) is 49.3 Å². The topological polar surface area (TPSA) is 134 Å². The Morgan fingerprint density at radius 1 is 0.545 bits per heavy atom. The summed E-state index contributed by atoms with van der Waals surface area (Å²) in [7, 11) is -4.39. The van der Waals surface area contributed by atoms with Crippen molar-refractivity contribution in [1.82, 2.24) is 0 Å². The van der Waals surface area contributed by atoms with Crippen molar-refractivity contribution in [3.8, 4) is 0 Å². The minimum absolute atomic E-state index is 0.0420. The zero-order chi connectivity index (χ0) is 40.3. The zero-order valence-electron chi connectivity index (χ0n) is 34.9. The Kier molecular flexibility index (Phi) is 39.6. The van der Waals surface area contributed by atoms with Crippen LogP contribution in [0.25, 0.3) is 0 Å². The van der Waals surface area contributed by atoms with Gasteiger partial charge in [0.15, 0.2) is 6.10 Å². The molecule has 0 rings (SSSR count). The summed E-state index contributed by atoms with van der Waals surface area (Å²) in [5.74, 6) is -0.902. The van der Waals surface area contributed by atoms with Gasteiger partial charge in [0.25, 0.3) is 0 Å². The molecule has 0 amide bonds. The summed E-state index contributed by atoms with van der Waals surface area (Å²) in [6.45, 7) is 3.62. The van der Waals surface area contributed by atoms with Crippen LogP contribution >= 0.6 is 7.82 Å². The molecular weight excluding hydrogens is 713 g/mol. The van der Waals surface area contributed by atoms with Crippen LogP contribution in [0.5, 0.6) is 0 Å². The van der Waals surface area contributed by atoms with Gasteiger partial charge in [-0.05, 0) is 77.0 Å². The van der Waals surface area contributed by atoms with Crippen molar-refractivity contribution in [2.24, 2.45) is 5.73 Å². The normalized spacial score (nSPS) is 13.9. The number of nitrogens with two attached hydrogens (primary N) is 1. The third kappa shape index (κ3) is 41.2. The molecule has 0 aliphatic heterocycles. The first-order valence-electron chi connectivity index (χ1n) is 21.8. The van der Waals surface area contributed by atoms with Crippen molar-refractivity contribution in [2.75, 3.05) is 26.4 Å². The maximum absolute atomic E-state index is 12.6. The van der Waals surface area contributed by atoms with E-state index >= 15 is 0 Å². The van der Waals surface area contributed by atoms with E-state index < -0.39 is 32.5 Å². The molecule has 0 saturated heterocycles. The van der Waals surface area contributed by atoms with E-state index in [1.54, 1.807) is 0 Å². The number of allylic oxidation sites excluding steroid dienone is 10. The van der Waals surface area contributed by atoms with Crippen molar-refractivity contribution >= 4 is 19.8 Å². The van der Waals surface area contributed by atoms with Crippen LogP contribution in [0.4, 0.5) is 0 Å². The molecule has 0 aromatic heterocycles. The summed E-state index contributed by atoms with van der Waals surface area (Å²) in [6, 6.07) is 0. The highest BCUT2D eigenvalue weighted by atomic mass is 31.2. The molecule has 3 N–H and O–H groups in total. The Morgan fingerprint density at radius 3 is 1.51 bits per heavy atom. The molecule has 10 heteroatoms. The van der Waals surface area contributed by atoms with Gasteiger partial charge in [-0.15, -0.1) is 0 Å². The van der Waals surface area contributed by atoms with Crippen molar-refractivity contribution in [3.05, 3.63) is 60.8 Å². The van der Waals surface area contributed by atoms with Crippen LogP contribution in [0.1, 0.15) is 181 Å². The number of carbonyl (C=O) groups excluding carboxylic acids is 2. The zero-order valence-corrected chi connectivity index (χ0v) is 35.8. The van der Waals surface area contributed by atoms with Crippen LogP contribution in [0.2, 0.25) is 0 Å². The molecular formula is C45H80NO8P. The van der Waals surface area contributed by atoms with E-state index in [-0.39, 0.29) is 32.6 Å². The van der Waals surface area contributed by atoms with Gasteiger partial charge < -0.3 is 20.1 Å². The van der Waals surface area contributed by atoms with Crippen molar-refractivity contribution < 1.29 is 37.6 Å². The molecule has 55 heavy (non-hydrogen) atoms. The Morgan fingerprint density at radius 2 is 0.964 bits per heavy atom. The highest BCUT2D eigenvalue weighted by molar-refractivity contribution is 7.47. The lowest BCUT2D eigenvalue weighted by molar-refractivity contribution is -0.161. The number of carbonyl (C=O) groups is 2. The van der Waals surface area contributed by atoms with E-state index in [0.29, 0.717) is 12.8 Å². The number of unbranched alkanes of at least 4 members (excludes halogenated alkanes) is 17. The Bertz CT molecular complexity index is 1090. The lowest BCUT2D eigenvalue weighted by Crippen LogP contribution is -2.29. The molecule has 0 bridgehead atoms. The van der Waals surface area contributed by atoms with E-state index in [4.69, 9.17) is 24.3 Å². The summed E-state index contributed by atoms with van der Waals surface area (Å²) in [6.07, 6.45) is 48.3. The molecule has 0 spiro atoms. The maximum atomic E-state index is 12.6. The average molecular weight is 794 g/mol. The van der Waals surface area contributed by atoms with Gasteiger partial charge in [-0.1, -0.05) is 152 Å². The molecule has 0 aromatic carbocycles. The summed E-state index contributed by atoms with van der Waals surface area (Å²) in [4.78, 5) is 34.8.